The molecule has 0 aliphatic heterocycles. The number of amides is 2. The van der Waals surface area contributed by atoms with E-state index in [0.717, 1.165) is 5.75 Å². The Labute approximate surface area is 117 Å². The van der Waals surface area contributed by atoms with Crippen LogP contribution < -0.4 is 15.4 Å². The summed E-state index contributed by atoms with van der Waals surface area (Å²) in [6.07, 6.45) is 0. The van der Waals surface area contributed by atoms with Gasteiger partial charge in [0.05, 0.1) is 6.54 Å². The number of nitrogens with one attached hydrogen (secondary N) is 2. The van der Waals surface area contributed by atoms with Crippen LogP contribution in [0.4, 0.5) is 10.6 Å². The topological polar surface area (TPSA) is 76.4 Å². The number of benzene rings is 1. The van der Waals surface area contributed by atoms with Gasteiger partial charge in [-0.3, -0.25) is 5.32 Å². The molecule has 0 saturated carbocycles. The average molecular weight is 275 g/mol. The van der Waals surface area contributed by atoms with Gasteiger partial charge < -0.3 is 14.6 Å². The molecule has 0 fully saturated rings. The Balaban J connectivity index is 1.65. The third-order valence-corrected chi connectivity index (χ3v) is 2.55. The minimum atomic E-state index is -0.342. The van der Waals surface area contributed by atoms with Crippen LogP contribution >= 0.6 is 0 Å². The molecule has 2 rings (SSSR count). The molecule has 106 valence electrons. The Morgan fingerprint density at radius 3 is 2.70 bits per heavy atom. The fraction of sp³-hybridized carbons (Fsp3) is 0.286. The number of hydrogen-bond donors (Lipinski definition) is 2. The van der Waals surface area contributed by atoms with Gasteiger partial charge in [-0.15, -0.1) is 0 Å². The SMILES string of the molecule is Cc1ccc(OCCNC(=O)Nc2cc(C)on2)cc1. The van der Waals surface area contributed by atoms with Gasteiger partial charge in [0.2, 0.25) is 0 Å². The summed E-state index contributed by atoms with van der Waals surface area (Å²) in [4.78, 5) is 11.5. The normalized spacial score (nSPS) is 10.1. The fourth-order valence-electron chi connectivity index (χ4n) is 1.55. The number of carbonyl (C=O) groups excluding carboxylic acids is 1. The first-order chi connectivity index (χ1) is 9.63. The lowest BCUT2D eigenvalue weighted by Crippen LogP contribution is -2.32. The number of ether oxygens (including phenoxy) is 1. The average Bonchev–Trinajstić information content (AvgIpc) is 2.82. The first-order valence-electron chi connectivity index (χ1n) is 6.31. The Morgan fingerprint density at radius 2 is 2.05 bits per heavy atom. The van der Waals surface area contributed by atoms with E-state index in [2.05, 4.69) is 15.8 Å². The van der Waals surface area contributed by atoms with Crippen molar-refractivity contribution in [2.24, 2.45) is 0 Å². The van der Waals surface area contributed by atoms with Crippen molar-refractivity contribution in [2.45, 2.75) is 13.8 Å². The number of nitrogens with zero attached hydrogens (tertiary/aromatic N) is 1. The summed E-state index contributed by atoms with van der Waals surface area (Å²) < 4.78 is 10.3. The van der Waals surface area contributed by atoms with Crippen LogP contribution in [-0.4, -0.2) is 24.3 Å². The monoisotopic (exact) mass is 275 g/mol. The molecule has 0 bridgehead atoms. The number of urea groups is 1. The molecule has 20 heavy (non-hydrogen) atoms. The van der Waals surface area contributed by atoms with Crippen molar-refractivity contribution >= 4 is 11.8 Å². The maximum Gasteiger partial charge on any atom is 0.320 e. The van der Waals surface area contributed by atoms with E-state index in [-0.39, 0.29) is 6.03 Å². The summed E-state index contributed by atoms with van der Waals surface area (Å²) in [6.45, 7) is 4.57. The molecule has 2 aromatic rings. The third kappa shape index (κ3) is 4.31. The quantitative estimate of drug-likeness (QED) is 0.822. The highest BCUT2D eigenvalue weighted by Gasteiger charge is 2.04. The highest BCUT2D eigenvalue weighted by molar-refractivity contribution is 5.88. The minimum Gasteiger partial charge on any atom is -0.492 e. The zero-order valence-electron chi connectivity index (χ0n) is 11.5. The molecule has 0 unspecified atom stereocenters. The fourth-order valence-corrected chi connectivity index (χ4v) is 1.55. The summed E-state index contributed by atoms with van der Waals surface area (Å²) >= 11 is 0. The number of aromatic nitrogens is 1. The van der Waals surface area contributed by atoms with Crippen LogP contribution in [0.5, 0.6) is 5.75 Å². The molecule has 0 saturated heterocycles. The van der Waals surface area contributed by atoms with E-state index < -0.39 is 0 Å². The molecule has 0 spiro atoms. The van der Waals surface area contributed by atoms with Gasteiger partial charge in [-0.1, -0.05) is 22.9 Å². The standard InChI is InChI=1S/C14H17N3O3/c1-10-3-5-12(6-4-10)19-8-7-15-14(18)16-13-9-11(2)20-17-13/h3-6,9H,7-8H2,1-2H3,(H2,15,16,17,18). The van der Waals surface area contributed by atoms with Gasteiger partial charge in [0.1, 0.15) is 18.1 Å². The maximum absolute atomic E-state index is 11.5. The first-order valence-corrected chi connectivity index (χ1v) is 6.31. The predicted molar refractivity (Wildman–Crippen MR) is 74.9 cm³/mol. The smallest absolute Gasteiger partial charge is 0.320 e. The van der Waals surface area contributed by atoms with Crippen molar-refractivity contribution in [2.75, 3.05) is 18.5 Å². The molecule has 1 aromatic carbocycles. The van der Waals surface area contributed by atoms with Gasteiger partial charge in [0.25, 0.3) is 0 Å². The van der Waals surface area contributed by atoms with Crippen LogP contribution in [0.2, 0.25) is 0 Å². The second-order valence-electron chi connectivity index (χ2n) is 4.37. The zero-order valence-corrected chi connectivity index (χ0v) is 11.5. The van der Waals surface area contributed by atoms with E-state index in [4.69, 9.17) is 9.26 Å². The molecule has 2 N–H and O–H groups in total. The Kier molecular flexibility index (Phi) is 4.60. The second kappa shape index (κ2) is 6.60. The second-order valence-corrected chi connectivity index (χ2v) is 4.37. The lowest BCUT2D eigenvalue weighted by molar-refractivity contribution is 0.247. The minimum absolute atomic E-state index is 0.342. The van der Waals surface area contributed by atoms with Crippen molar-refractivity contribution < 1.29 is 14.1 Å². The lowest BCUT2D eigenvalue weighted by atomic mass is 10.2. The van der Waals surface area contributed by atoms with E-state index in [9.17, 15) is 4.79 Å². The summed E-state index contributed by atoms with van der Waals surface area (Å²) in [5.74, 6) is 1.81. The van der Waals surface area contributed by atoms with E-state index in [0.29, 0.717) is 24.7 Å². The molecule has 1 heterocycles. The van der Waals surface area contributed by atoms with Crippen LogP contribution in [0.3, 0.4) is 0 Å². The number of rotatable bonds is 5. The molecule has 6 heteroatoms. The molecule has 0 aliphatic carbocycles. The Morgan fingerprint density at radius 1 is 1.30 bits per heavy atom. The molecule has 6 nitrogen and oxygen atoms in total. The van der Waals surface area contributed by atoms with Gasteiger partial charge in [-0.25, -0.2) is 4.79 Å². The summed E-state index contributed by atoms with van der Waals surface area (Å²) in [7, 11) is 0. The first kappa shape index (κ1) is 13.9. The van der Waals surface area contributed by atoms with Crippen LogP contribution in [0.15, 0.2) is 34.9 Å². The van der Waals surface area contributed by atoms with Gasteiger partial charge in [0, 0.05) is 6.07 Å². The predicted octanol–water partition coefficient (Wildman–Crippen LogP) is 2.49. The molecule has 0 aliphatic rings. The lowest BCUT2D eigenvalue weighted by Gasteiger charge is -2.07. The van der Waals surface area contributed by atoms with Crippen molar-refractivity contribution in [3.05, 3.63) is 41.7 Å². The van der Waals surface area contributed by atoms with E-state index in [1.807, 2.05) is 31.2 Å². The van der Waals surface area contributed by atoms with Gasteiger partial charge in [-0.05, 0) is 26.0 Å². The van der Waals surface area contributed by atoms with Crippen molar-refractivity contribution in [3.63, 3.8) is 0 Å². The van der Waals surface area contributed by atoms with Crippen LogP contribution in [-0.2, 0) is 0 Å². The summed E-state index contributed by atoms with van der Waals surface area (Å²) in [5, 5.41) is 8.89. The number of aryl methyl sites for hydroxylation is 2. The van der Waals surface area contributed by atoms with Crippen LogP contribution in [0, 0.1) is 13.8 Å². The highest BCUT2D eigenvalue weighted by Crippen LogP contribution is 2.10. The van der Waals surface area contributed by atoms with Crippen LogP contribution in [0.1, 0.15) is 11.3 Å². The Bertz CT molecular complexity index is 563. The highest BCUT2D eigenvalue weighted by atomic mass is 16.5. The van der Waals surface area contributed by atoms with Crippen molar-refractivity contribution in [1.29, 1.82) is 0 Å². The number of carbonyl (C=O) groups is 1. The van der Waals surface area contributed by atoms with E-state index in [1.54, 1.807) is 13.0 Å². The summed E-state index contributed by atoms with van der Waals surface area (Å²) in [6, 6.07) is 9.04. The molecule has 2 amide bonds. The van der Waals surface area contributed by atoms with Crippen molar-refractivity contribution in [1.82, 2.24) is 10.5 Å². The molecular formula is C14H17N3O3. The summed E-state index contributed by atoms with van der Waals surface area (Å²) in [5.41, 5.74) is 1.18. The Hall–Kier alpha value is -2.50. The largest absolute Gasteiger partial charge is 0.492 e. The maximum atomic E-state index is 11.5. The molecule has 1 aromatic heterocycles. The van der Waals surface area contributed by atoms with Gasteiger partial charge in [-0.2, -0.15) is 0 Å². The van der Waals surface area contributed by atoms with E-state index >= 15 is 0 Å². The number of anilines is 1. The zero-order chi connectivity index (χ0) is 14.4. The third-order valence-electron chi connectivity index (χ3n) is 2.55. The molecular weight excluding hydrogens is 258 g/mol. The van der Waals surface area contributed by atoms with Crippen molar-refractivity contribution in [3.8, 4) is 5.75 Å². The van der Waals surface area contributed by atoms with Gasteiger partial charge in [0.15, 0.2) is 5.82 Å². The van der Waals surface area contributed by atoms with Crippen LogP contribution in [0.25, 0.3) is 0 Å². The molecule has 0 atom stereocenters. The number of hydrogen-bond acceptors (Lipinski definition) is 4. The molecule has 0 radical (unpaired) electrons. The van der Waals surface area contributed by atoms with E-state index in [1.165, 1.54) is 5.56 Å². The van der Waals surface area contributed by atoms with Gasteiger partial charge >= 0.3 is 6.03 Å².